The predicted octanol–water partition coefficient (Wildman–Crippen LogP) is 6.97. The van der Waals surface area contributed by atoms with Crippen LogP contribution in [0, 0.1) is 0 Å². The Balaban J connectivity index is 1.48. The normalized spacial score (nSPS) is 24.4. The van der Waals surface area contributed by atoms with Crippen LogP contribution >= 0.6 is 0 Å². The lowest BCUT2D eigenvalue weighted by molar-refractivity contribution is -0.463. The zero-order valence-electron chi connectivity index (χ0n) is 23.2. The summed E-state index contributed by atoms with van der Waals surface area (Å²) in [6.45, 7) is 9.33. The molecule has 0 radical (unpaired) electrons. The molecule has 2 aliphatic heterocycles. The molecule has 1 saturated carbocycles. The molecule has 0 saturated heterocycles. The largest absolute Gasteiger partial charge is 0.347 e. The van der Waals surface area contributed by atoms with Crippen LogP contribution < -0.4 is 9.80 Å². The number of allylic oxidation sites excluding steroid dienone is 8. The van der Waals surface area contributed by atoms with Crippen molar-refractivity contribution in [2.75, 3.05) is 38.0 Å². The highest BCUT2D eigenvalue weighted by molar-refractivity contribution is 6.11. The van der Waals surface area contributed by atoms with E-state index in [1.807, 2.05) is 0 Å². The first kappa shape index (κ1) is 24.4. The summed E-state index contributed by atoms with van der Waals surface area (Å²) < 4.78 is 2.29. The molecule has 0 aromatic heterocycles. The van der Waals surface area contributed by atoms with E-state index < -0.39 is 0 Å². The van der Waals surface area contributed by atoms with Gasteiger partial charge < -0.3 is 9.80 Å². The minimum Gasteiger partial charge on any atom is -0.347 e. The Bertz CT molecular complexity index is 1270. The third kappa shape index (κ3) is 3.68. The van der Waals surface area contributed by atoms with Crippen LogP contribution in [-0.4, -0.2) is 38.5 Å². The number of fused-ring (bicyclic) bond motifs is 2. The number of hydrogen-bond acceptors (Lipinski definition) is 2. The molecule has 3 nitrogen and oxygen atoms in total. The second-order valence-corrected chi connectivity index (χ2v) is 11.6. The van der Waals surface area contributed by atoms with Gasteiger partial charge in [-0.15, -0.1) is 0 Å². The first-order valence-corrected chi connectivity index (χ1v) is 13.1. The van der Waals surface area contributed by atoms with Gasteiger partial charge in [-0.05, 0) is 48.3 Å². The fourth-order valence-electron chi connectivity index (χ4n) is 6.57. The van der Waals surface area contributed by atoms with Crippen molar-refractivity contribution < 1.29 is 4.58 Å². The number of anilines is 2. The van der Waals surface area contributed by atoms with Gasteiger partial charge in [0.25, 0.3) is 0 Å². The van der Waals surface area contributed by atoms with Gasteiger partial charge in [-0.2, -0.15) is 0 Å². The third-order valence-electron chi connectivity index (χ3n) is 8.48. The molecule has 5 rings (SSSR count). The van der Waals surface area contributed by atoms with Gasteiger partial charge in [-0.3, -0.25) is 0 Å². The van der Waals surface area contributed by atoms with Crippen LogP contribution in [0.5, 0.6) is 0 Å². The summed E-state index contributed by atoms with van der Waals surface area (Å²) in [5.41, 5.74) is 12.3. The molecule has 0 spiro atoms. The van der Waals surface area contributed by atoms with Gasteiger partial charge in [0.2, 0.25) is 5.71 Å². The lowest BCUT2D eigenvalue weighted by Gasteiger charge is -2.23. The fourth-order valence-corrected chi connectivity index (χ4v) is 6.57. The van der Waals surface area contributed by atoms with E-state index in [2.05, 4.69) is 143 Å². The van der Waals surface area contributed by atoms with E-state index in [-0.39, 0.29) is 10.8 Å². The Morgan fingerprint density at radius 3 is 1.39 bits per heavy atom. The Hall–Kier alpha value is -3.33. The van der Waals surface area contributed by atoms with Gasteiger partial charge >= 0.3 is 0 Å². The maximum absolute atomic E-state index is 2.37. The summed E-state index contributed by atoms with van der Waals surface area (Å²) in [7, 11) is 8.73. The lowest BCUT2D eigenvalue weighted by atomic mass is 9.83. The van der Waals surface area contributed by atoms with E-state index in [9.17, 15) is 0 Å². The summed E-state index contributed by atoms with van der Waals surface area (Å²) >= 11 is 0. The zero-order chi connectivity index (χ0) is 25.8. The third-order valence-corrected chi connectivity index (χ3v) is 8.48. The smallest absolute Gasteiger partial charge is 0.205 e. The second kappa shape index (κ2) is 8.65. The summed E-state index contributed by atoms with van der Waals surface area (Å²) in [4.78, 5) is 4.71. The molecule has 2 heterocycles. The summed E-state index contributed by atoms with van der Waals surface area (Å²) in [6, 6.07) is 17.6. The first-order valence-electron chi connectivity index (χ1n) is 13.1. The second-order valence-electron chi connectivity index (χ2n) is 11.6. The Labute approximate surface area is 217 Å². The van der Waals surface area contributed by atoms with Crippen molar-refractivity contribution in [2.24, 2.45) is 0 Å². The molecule has 2 aromatic carbocycles. The van der Waals surface area contributed by atoms with Gasteiger partial charge in [0, 0.05) is 58.8 Å². The fraction of sp³-hybridized carbons (Fsp3) is 0.364. The van der Waals surface area contributed by atoms with Crippen molar-refractivity contribution in [3.8, 4) is 0 Å². The summed E-state index contributed by atoms with van der Waals surface area (Å²) in [5, 5.41) is 0. The van der Waals surface area contributed by atoms with E-state index in [1.165, 1.54) is 50.8 Å². The van der Waals surface area contributed by atoms with Crippen LogP contribution in [0.25, 0.3) is 0 Å². The van der Waals surface area contributed by atoms with Gasteiger partial charge in [0.05, 0.1) is 0 Å². The van der Waals surface area contributed by atoms with Gasteiger partial charge in [0.15, 0.2) is 0 Å². The monoisotopic (exact) mass is 478 g/mol. The van der Waals surface area contributed by atoms with E-state index in [0.717, 1.165) is 12.8 Å². The van der Waals surface area contributed by atoms with Crippen LogP contribution in [0.4, 0.5) is 11.4 Å². The number of benzene rings is 2. The van der Waals surface area contributed by atoms with Crippen LogP contribution in [-0.2, 0) is 10.8 Å². The molecule has 0 atom stereocenters. The summed E-state index contributed by atoms with van der Waals surface area (Å²) in [5.74, 6) is 0. The Kier molecular flexibility index (Phi) is 5.86. The number of para-hydroxylation sites is 2. The number of nitrogens with zero attached hydrogens (tertiary/aromatic N) is 3. The van der Waals surface area contributed by atoms with Crippen LogP contribution in [0.2, 0.25) is 0 Å². The molecule has 0 bridgehead atoms. The molecule has 0 N–H and O–H groups in total. The topological polar surface area (TPSA) is 9.49 Å². The maximum atomic E-state index is 2.37. The molecule has 3 heteroatoms. The van der Waals surface area contributed by atoms with Crippen LogP contribution in [0.15, 0.2) is 95.4 Å². The lowest BCUT2D eigenvalue weighted by Crippen LogP contribution is -2.23. The predicted molar refractivity (Wildman–Crippen MR) is 154 cm³/mol. The zero-order valence-corrected chi connectivity index (χ0v) is 23.2. The van der Waals surface area contributed by atoms with Crippen molar-refractivity contribution in [1.82, 2.24) is 0 Å². The van der Waals surface area contributed by atoms with Crippen LogP contribution in [0.3, 0.4) is 0 Å². The highest BCUT2D eigenvalue weighted by Crippen LogP contribution is 2.48. The molecule has 0 unspecified atom stereocenters. The Morgan fingerprint density at radius 2 is 1.03 bits per heavy atom. The van der Waals surface area contributed by atoms with E-state index >= 15 is 0 Å². The number of rotatable bonds is 2. The molecule has 3 aliphatic rings. The van der Waals surface area contributed by atoms with Crippen molar-refractivity contribution in [3.63, 3.8) is 0 Å². The van der Waals surface area contributed by atoms with Gasteiger partial charge in [-0.25, -0.2) is 4.58 Å². The average molecular weight is 479 g/mol. The van der Waals surface area contributed by atoms with E-state index in [4.69, 9.17) is 0 Å². The number of likely N-dealkylation sites (N-methyl/N-ethyl adjacent to an activating group) is 2. The highest BCUT2D eigenvalue weighted by Gasteiger charge is 2.39. The molecule has 2 aromatic rings. The van der Waals surface area contributed by atoms with Crippen molar-refractivity contribution >= 4 is 17.1 Å². The molecular formula is C33H40N3+. The SMILES string of the molecule is CN1/C(=C/C=C2/CC/C(=C\C=C3\N(C)c4ccccc4C3(C)C)C2=[N+](C)C)C(C)(C)c2ccccc21. The highest BCUT2D eigenvalue weighted by atomic mass is 15.2. The quantitative estimate of drug-likeness (QED) is 0.431. The van der Waals surface area contributed by atoms with Gasteiger partial charge in [-0.1, -0.05) is 76.2 Å². The maximum Gasteiger partial charge on any atom is 0.205 e. The molecule has 1 fully saturated rings. The van der Waals surface area contributed by atoms with Crippen molar-refractivity contribution in [1.29, 1.82) is 0 Å². The summed E-state index contributed by atoms with van der Waals surface area (Å²) in [6.07, 6.45) is 11.6. The molecule has 36 heavy (non-hydrogen) atoms. The average Bonchev–Trinajstić information content (AvgIpc) is 3.40. The molecule has 1 aliphatic carbocycles. The van der Waals surface area contributed by atoms with Gasteiger partial charge in [0.1, 0.15) is 14.1 Å². The molecular weight excluding hydrogens is 438 g/mol. The Morgan fingerprint density at radius 1 is 0.639 bits per heavy atom. The minimum absolute atomic E-state index is 0.00395. The van der Waals surface area contributed by atoms with E-state index in [1.54, 1.807) is 0 Å². The standard InChI is InChI=1S/C33H40N3/c1-32(2)25-13-9-11-15-27(25)35(7)29(32)21-19-23-17-18-24(31(23)34(5)6)20-22-30-33(3,4)26-14-10-12-16-28(26)36(30)8/h9-16,19-22H,17-18H2,1-8H3/q+1. The van der Waals surface area contributed by atoms with Crippen LogP contribution in [0.1, 0.15) is 51.7 Å². The first-order chi connectivity index (χ1) is 17.0. The van der Waals surface area contributed by atoms with Crippen molar-refractivity contribution in [3.05, 3.63) is 107 Å². The molecule has 0 amide bonds. The minimum atomic E-state index is -0.00395. The number of hydrogen-bond donors (Lipinski definition) is 0. The van der Waals surface area contributed by atoms with E-state index in [0.29, 0.717) is 0 Å². The molecule has 186 valence electrons. The van der Waals surface area contributed by atoms with Crippen molar-refractivity contribution in [2.45, 2.75) is 51.4 Å².